The number of aryl methyl sites for hydroxylation is 1. The lowest BCUT2D eigenvalue weighted by Crippen LogP contribution is -1.98. The zero-order valence-electron chi connectivity index (χ0n) is 8.88. The molecule has 0 unspecified atom stereocenters. The van der Waals surface area contributed by atoms with Crippen molar-refractivity contribution in [1.29, 1.82) is 0 Å². The molecular formula is C10H12N4O2. The van der Waals surface area contributed by atoms with Crippen LogP contribution in [0.15, 0.2) is 23.0 Å². The summed E-state index contributed by atoms with van der Waals surface area (Å²) in [6, 6.07) is 1.86. The van der Waals surface area contributed by atoms with Crippen molar-refractivity contribution < 1.29 is 9.36 Å². The van der Waals surface area contributed by atoms with E-state index in [1.807, 2.05) is 13.0 Å². The van der Waals surface area contributed by atoms with Crippen molar-refractivity contribution in [3.8, 4) is 11.4 Å². The lowest BCUT2D eigenvalue weighted by molar-refractivity contribution is 0.0996. The van der Waals surface area contributed by atoms with Gasteiger partial charge in [0.1, 0.15) is 6.61 Å². The van der Waals surface area contributed by atoms with Crippen LogP contribution in [0.1, 0.15) is 18.4 Å². The van der Waals surface area contributed by atoms with Gasteiger partial charge in [0.15, 0.2) is 0 Å². The number of aromatic nitrogens is 3. The SMILES string of the molecule is CCc1cnccc1-c1noc(CON)n1. The minimum absolute atomic E-state index is 0.111. The molecule has 0 fully saturated rings. The predicted octanol–water partition coefficient (Wildman–Crippen LogP) is 1.08. The van der Waals surface area contributed by atoms with Gasteiger partial charge in [-0.3, -0.25) is 9.82 Å². The minimum Gasteiger partial charge on any atom is -0.336 e. The summed E-state index contributed by atoms with van der Waals surface area (Å²) in [5.41, 5.74) is 1.99. The quantitative estimate of drug-likeness (QED) is 0.776. The maximum atomic E-state index is 4.97. The first-order valence-corrected chi connectivity index (χ1v) is 4.92. The number of rotatable bonds is 4. The summed E-state index contributed by atoms with van der Waals surface area (Å²) < 4.78 is 4.97. The van der Waals surface area contributed by atoms with E-state index >= 15 is 0 Å². The molecule has 0 bridgehead atoms. The Hall–Kier alpha value is -1.79. The zero-order chi connectivity index (χ0) is 11.4. The van der Waals surface area contributed by atoms with E-state index in [1.165, 1.54) is 0 Å². The van der Waals surface area contributed by atoms with E-state index in [0.29, 0.717) is 11.7 Å². The number of hydrogen-bond donors (Lipinski definition) is 1. The van der Waals surface area contributed by atoms with Crippen molar-refractivity contribution in [2.75, 3.05) is 0 Å². The second kappa shape index (κ2) is 4.82. The Labute approximate surface area is 92.4 Å². The Morgan fingerprint density at radius 1 is 1.50 bits per heavy atom. The molecule has 2 heterocycles. The second-order valence-electron chi connectivity index (χ2n) is 3.21. The van der Waals surface area contributed by atoms with Crippen LogP contribution >= 0.6 is 0 Å². The highest BCUT2D eigenvalue weighted by molar-refractivity contribution is 5.58. The molecule has 0 atom stereocenters. The van der Waals surface area contributed by atoms with Crippen molar-refractivity contribution >= 4 is 0 Å². The van der Waals surface area contributed by atoms with Gasteiger partial charge in [-0.15, -0.1) is 0 Å². The molecule has 16 heavy (non-hydrogen) atoms. The first kappa shape index (κ1) is 10.7. The number of hydrogen-bond acceptors (Lipinski definition) is 6. The second-order valence-corrected chi connectivity index (χ2v) is 3.21. The van der Waals surface area contributed by atoms with Gasteiger partial charge in [-0.05, 0) is 18.1 Å². The monoisotopic (exact) mass is 220 g/mol. The fourth-order valence-electron chi connectivity index (χ4n) is 1.42. The van der Waals surface area contributed by atoms with Crippen LogP contribution in [0.5, 0.6) is 0 Å². The smallest absolute Gasteiger partial charge is 0.255 e. The summed E-state index contributed by atoms with van der Waals surface area (Å²) in [4.78, 5) is 12.6. The largest absolute Gasteiger partial charge is 0.336 e. The highest BCUT2D eigenvalue weighted by atomic mass is 16.6. The molecule has 0 aromatic carbocycles. The van der Waals surface area contributed by atoms with Crippen LogP contribution in [0, 0.1) is 0 Å². The van der Waals surface area contributed by atoms with E-state index in [-0.39, 0.29) is 6.61 Å². The first-order chi connectivity index (χ1) is 7.85. The van der Waals surface area contributed by atoms with E-state index in [1.54, 1.807) is 12.4 Å². The standard InChI is InChI=1S/C10H12N4O2/c1-2-7-5-12-4-3-8(7)10-13-9(6-15-11)16-14-10/h3-5H,2,6,11H2,1H3. The Morgan fingerprint density at radius 3 is 3.12 bits per heavy atom. The van der Waals surface area contributed by atoms with Crippen molar-refractivity contribution in [2.45, 2.75) is 20.0 Å². The van der Waals surface area contributed by atoms with Gasteiger partial charge in [0.25, 0.3) is 5.89 Å². The maximum Gasteiger partial charge on any atom is 0.255 e. The molecule has 0 saturated heterocycles. The molecular weight excluding hydrogens is 208 g/mol. The number of nitrogens with zero attached hydrogens (tertiary/aromatic N) is 3. The van der Waals surface area contributed by atoms with Crippen LogP contribution < -0.4 is 5.90 Å². The highest BCUT2D eigenvalue weighted by Gasteiger charge is 2.11. The lowest BCUT2D eigenvalue weighted by Gasteiger charge is -2.00. The zero-order valence-corrected chi connectivity index (χ0v) is 8.88. The molecule has 0 amide bonds. The van der Waals surface area contributed by atoms with Crippen LogP contribution in [0.3, 0.4) is 0 Å². The molecule has 2 aromatic rings. The van der Waals surface area contributed by atoms with Crippen LogP contribution in [-0.4, -0.2) is 15.1 Å². The summed E-state index contributed by atoms with van der Waals surface area (Å²) in [5, 5.41) is 3.86. The van der Waals surface area contributed by atoms with E-state index in [4.69, 9.17) is 10.4 Å². The summed E-state index contributed by atoms with van der Waals surface area (Å²) in [6.07, 6.45) is 4.36. The van der Waals surface area contributed by atoms with Crippen LogP contribution in [-0.2, 0) is 17.9 Å². The van der Waals surface area contributed by atoms with E-state index in [0.717, 1.165) is 17.5 Å². The molecule has 0 spiro atoms. The minimum atomic E-state index is 0.111. The maximum absolute atomic E-state index is 4.97. The third kappa shape index (κ3) is 2.07. The van der Waals surface area contributed by atoms with Crippen molar-refractivity contribution in [3.63, 3.8) is 0 Å². The molecule has 0 aliphatic rings. The molecule has 0 aliphatic heterocycles. The summed E-state index contributed by atoms with van der Waals surface area (Å²) in [6.45, 7) is 2.16. The Bertz CT molecular complexity index is 469. The molecule has 2 N–H and O–H groups in total. The van der Waals surface area contributed by atoms with E-state index in [9.17, 15) is 0 Å². The summed E-state index contributed by atoms with van der Waals surface area (Å²) in [7, 11) is 0. The Balaban J connectivity index is 2.34. The fraction of sp³-hybridized carbons (Fsp3) is 0.300. The first-order valence-electron chi connectivity index (χ1n) is 4.92. The van der Waals surface area contributed by atoms with Gasteiger partial charge in [-0.2, -0.15) is 4.98 Å². The average molecular weight is 220 g/mol. The van der Waals surface area contributed by atoms with Gasteiger partial charge in [0.2, 0.25) is 5.82 Å². The number of nitrogens with two attached hydrogens (primary N) is 1. The van der Waals surface area contributed by atoms with Gasteiger partial charge < -0.3 is 4.52 Å². The lowest BCUT2D eigenvalue weighted by atomic mass is 10.1. The van der Waals surface area contributed by atoms with Gasteiger partial charge in [0.05, 0.1) is 0 Å². The summed E-state index contributed by atoms with van der Waals surface area (Å²) >= 11 is 0. The van der Waals surface area contributed by atoms with Crippen LogP contribution in [0.2, 0.25) is 0 Å². The van der Waals surface area contributed by atoms with Gasteiger partial charge in [0, 0.05) is 18.0 Å². The van der Waals surface area contributed by atoms with Crippen LogP contribution in [0.4, 0.5) is 0 Å². The van der Waals surface area contributed by atoms with Crippen molar-refractivity contribution in [2.24, 2.45) is 5.90 Å². The van der Waals surface area contributed by atoms with Gasteiger partial charge >= 0.3 is 0 Å². The average Bonchev–Trinajstić information content (AvgIpc) is 2.78. The Kier molecular flexibility index (Phi) is 3.23. The molecule has 2 rings (SSSR count). The topological polar surface area (TPSA) is 87.1 Å². The fourth-order valence-corrected chi connectivity index (χ4v) is 1.42. The van der Waals surface area contributed by atoms with Crippen molar-refractivity contribution in [1.82, 2.24) is 15.1 Å². The molecule has 0 saturated carbocycles. The third-order valence-corrected chi connectivity index (χ3v) is 2.20. The van der Waals surface area contributed by atoms with E-state index < -0.39 is 0 Å². The van der Waals surface area contributed by atoms with E-state index in [2.05, 4.69) is 20.0 Å². The Morgan fingerprint density at radius 2 is 2.38 bits per heavy atom. The molecule has 2 aromatic heterocycles. The predicted molar refractivity (Wildman–Crippen MR) is 55.9 cm³/mol. The van der Waals surface area contributed by atoms with Gasteiger partial charge in [-0.1, -0.05) is 12.1 Å². The molecule has 0 radical (unpaired) electrons. The molecule has 0 aliphatic carbocycles. The highest BCUT2D eigenvalue weighted by Crippen LogP contribution is 2.20. The van der Waals surface area contributed by atoms with Crippen molar-refractivity contribution in [3.05, 3.63) is 29.9 Å². The van der Waals surface area contributed by atoms with Gasteiger partial charge in [-0.25, -0.2) is 5.90 Å². The normalized spacial score (nSPS) is 10.6. The molecule has 6 heteroatoms. The summed E-state index contributed by atoms with van der Waals surface area (Å²) in [5.74, 6) is 5.82. The molecule has 6 nitrogen and oxygen atoms in total. The molecule has 84 valence electrons. The third-order valence-electron chi connectivity index (χ3n) is 2.20. The van der Waals surface area contributed by atoms with Crippen LogP contribution in [0.25, 0.3) is 11.4 Å². The number of pyridine rings is 1.